The minimum Gasteiger partial charge on any atom is -0.398 e. The molecule has 4 nitrogen and oxygen atoms in total. The first-order chi connectivity index (χ1) is 11.1. The molecule has 0 aliphatic carbocycles. The number of amides is 1. The number of carbonyl (C=O) groups excluding carboxylic acids is 1. The molecule has 120 valence electrons. The highest BCUT2D eigenvalue weighted by molar-refractivity contribution is 6.42. The molecule has 0 radical (unpaired) electrons. The van der Waals surface area contributed by atoms with Crippen LogP contribution in [0.15, 0.2) is 42.5 Å². The van der Waals surface area contributed by atoms with Crippen LogP contribution in [0.25, 0.3) is 0 Å². The molecular formula is C17H17Cl2N3O. The Balaban J connectivity index is 1.67. The number of hydrogen-bond acceptors (Lipinski definition) is 3. The van der Waals surface area contributed by atoms with Crippen molar-refractivity contribution < 1.29 is 4.79 Å². The normalized spacial score (nSPS) is 14.9. The molecule has 1 fully saturated rings. The lowest BCUT2D eigenvalue weighted by Crippen LogP contribution is -2.48. The summed E-state index contributed by atoms with van der Waals surface area (Å²) in [7, 11) is 0. The van der Waals surface area contributed by atoms with Gasteiger partial charge in [-0.15, -0.1) is 0 Å². The van der Waals surface area contributed by atoms with Crippen LogP contribution in [0.3, 0.4) is 0 Å². The molecule has 1 heterocycles. The van der Waals surface area contributed by atoms with Crippen molar-refractivity contribution in [1.82, 2.24) is 4.90 Å². The first kappa shape index (κ1) is 16.0. The van der Waals surface area contributed by atoms with E-state index in [1.54, 1.807) is 18.2 Å². The molecule has 0 spiro atoms. The Kier molecular flexibility index (Phi) is 4.64. The second-order valence-electron chi connectivity index (χ2n) is 5.46. The number of anilines is 2. The van der Waals surface area contributed by atoms with E-state index in [2.05, 4.69) is 4.90 Å². The van der Waals surface area contributed by atoms with Crippen molar-refractivity contribution in [3.63, 3.8) is 0 Å². The summed E-state index contributed by atoms with van der Waals surface area (Å²) in [6, 6.07) is 12.8. The van der Waals surface area contributed by atoms with Gasteiger partial charge in [0.15, 0.2) is 0 Å². The first-order valence-corrected chi connectivity index (χ1v) is 8.15. The molecule has 0 saturated carbocycles. The molecular weight excluding hydrogens is 333 g/mol. The van der Waals surface area contributed by atoms with Gasteiger partial charge in [-0.1, -0.05) is 35.3 Å². The summed E-state index contributed by atoms with van der Waals surface area (Å²) >= 11 is 12.0. The lowest BCUT2D eigenvalue weighted by Gasteiger charge is -2.36. The number of hydrogen-bond donors (Lipinski definition) is 1. The van der Waals surface area contributed by atoms with Crippen LogP contribution in [0.2, 0.25) is 10.0 Å². The van der Waals surface area contributed by atoms with Gasteiger partial charge in [-0.2, -0.15) is 0 Å². The van der Waals surface area contributed by atoms with E-state index >= 15 is 0 Å². The Hall–Kier alpha value is -1.91. The van der Waals surface area contributed by atoms with Gasteiger partial charge in [0.2, 0.25) is 0 Å². The molecule has 2 aromatic rings. The van der Waals surface area contributed by atoms with Gasteiger partial charge in [0.1, 0.15) is 0 Å². The van der Waals surface area contributed by atoms with Crippen LogP contribution in [0.1, 0.15) is 10.4 Å². The van der Waals surface area contributed by atoms with Crippen LogP contribution in [0.5, 0.6) is 0 Å². The van der Waals surface area contributed by atoms with E-state index in [9.17, 15) is 4.79 Å². The fraction of sp³-hybridized carbons (Fsp3) is 0.235. The van der Waals surface area contributed by atoms with E-state index in [0.29, 0.717) is 34.4 Å². The molecule has 2 N–H and O–H groups in total. The summed E-state index contributed by atoms with van der Waals surface area (Å²) in [5, 5.41) is 1.09. The highest BCUT2D eigenvalue weighted by Crippen LogP contribution is 2.28. The lowest BCUT2D eigenvalue weighted by molar-refractivity contribution is 0.0748. The average molecular weight is 350 g/mol. The quantitative estimate of drug-likeness (QED) is 0.843. The Bertz CT molecular complexity index is 728. The maximum Gasteiger partial charge on any atom is 0.256 e. The predicted octanol–water partition coefficient (Wildman–Crippen LogP) is 3.54. The molecule has 2 aromatic carbocycles. The van der Waals surface area contributed by atoms with Crippen molar-refractivity contribution in [2.45, 2.75) is 0 Å². The molecule has 0 unspecified atom stereocenters. The number of nitrogens with two attached hydrogens (primary N) is 1. The van der Waals surface area contributed by atoms with E-state index in [4.69, 9.17) is 28.9 Å². The molecule has 0 bridgehead atoms. The molecule has 0 atom stereocenters. The van der Waals surface area contributed by atoms with Gasteiger partial charge in [-0.3, -0.25) is 4.79 Å². The van der Waals surface area contributed by atoms with E-state index in [0.717, 1.165) is 18.8 Å². The van der Waals surface area contributed by atoms with Gasteiger partial charge in [-0.25, -0.2) is 0 Å². The van der Waals surface area contributed by atoms with Gasteiger partial charge in [-0.05, 0) is 30.3 Å². The van der Waals surface area contributed by atoms with Crippen LogP contribution < -0.4 is 10.6 Å². The highest BCUT2D eigenvalue weighted by Gasteiger charge is 2.23. The fourth-order valence-electron chi connectivity index (χ4n) is 2.71. The van der Waals surface area contributed by atoms with Crippen LogP contribution in [-0.4, -0.2) is 37.0 Å². The number of carbonyl (C=O) groups is 1. The van der Waals surface area contributed by atoms with E-state index in [1.807, 2.05) is 29.2 Å². The molecule has 1 saturated heterocycles. The SMILES string of the molecule is Nc1ccccc1C(=O)N1CCN(c2ccc(Cl)c(Cl)c2)CC1. The molecule has 1 aliphatic rings. The minimum atomic E-state index is -0.0168. The van der Waals surface area contributed by atoms with Crippen molar-refractivity contribution in [1.29, 1.82) is 0 Å². The van der Waals surface area contributed by atoms with Gasteiger partial charge in [0.05, 0.1) is 15.6 Å². The highest BCUT2D eigenvalue weighted by atomic mass is 35.5. The first-order valence-electron chi connectivity index (χ1n) is 7.40. The lowest BCUT2D eigenvalue weighted by atomic mass is 10.1. The van der Waals surface area contributed by atoms with Crippen LogP contribution >= 0.6 is 23.2 Å². The van der Waals surface area contributed by atoms with Crippen molar-refractivity contribution in [2.24, 2.45) is 0 Å². The zero-order valence-corrected chi connectivity index (χ0v) is 14.0. The minimum absolute atomic E-state index is 0.0168. The van der Waals surface area contributed by atoms with Gasteiger partial charge >= 0.3 is 0 Å². The fourth-order valence-corrected chi connectivity index (χ4v) is 3.00. The molecule has 6 heteroatoms. The van der Waals surface area contributed by atoms with Crippen LogP contribution in [0.4, 0.5) is 11.4 Å². The average Bonchev–Trinajstić information content (AvgIpc) is 2.57. The zero-order valence-electron chi connectivity index (χ0n) is 12.5. The number of para-hydroxylation sites is 1. The molecule has 0 aromatic heterocycles. The monoisotopic (exact) mass is 349 g/mol. The van der Waals surface area contributed by atoms with Gasteiger partial charge < -0.3 is 15.5 Å². The summed E-state index contributed by atoms with van der Waals surface area (Å²) in [4.78, 5) is 16.6. The second-order valence-corrected chi connectivity index (χ2v) is 6.28. The largest absolute Gasteiger partial charge is 0.398 e. The summed E-state index contributed by atoms with van der Waals surface area (Å²) < 4.78 is 0. The van der Waals surface area contributed by atoms with E-state index in [-0.39, 0.29) is 5.91 Å². The van der Waals surface area contributed by atoms with E-state index < -0.39 is 0 Å². The van der Waals surface area contributed by atoms with Crippen molar-refractivity contribution in [3.05, 3.63) is 58.1 Å². The predicted molar refractivity (Wildman–Crippen MR) is 95.4 cm³/mol. The Labute approximate surface area is 145 Å². The van der Waals surface area contributed by atoms with Crippen molar-refractivity contribution in [3.8, 4) is 0 Å². The van der Waals surface area contributed by atoms with Crippen LogP contribution in [-0.2, 0) is 0 Å². The maximum absolute atomic E-state index is 12.6. The van der Waals surface area contributed by atoms with Crippen molar-refractivity contribution >= 4 is 40.5 Å². The van der Waals surface area contributed by atoms with Gasteiger partial charge in [0.25, 0.3) is 5.91 Å². The van der Waals surface area contributed by atoms with Gasteiger partial charge in [0, 0.05) is 37.6 Å². The smallest absolute Gasteiger partial charge is 0.256 e. The number of benzene rings is 2. The summed E-state index contributed by atoms with van der Waals surface area (Å²) in [5.74, 6) is -0.0168. The summed E-state index contributed by atoms with van der Waals surface area (Å²) in [6.45, 7) is 2.79. The Morgan fingerprint density at radius 1 is 0.957 bits per heavy atom. The standard InChI is InChI=1S/C17H17Cl2N3O/c18-14-6-5-12(11-15(14)19)21-7-9-22(10-8-21)17(23)13-3-1-2-4-16(13)20/h1-6,11H,7-10,20H2. The third-order valence-corrected chi connectivity index (χ3v) is 4.77. The number of nitrogens with zero attached hydrogens (tertiary/aromatic N) is 2. The third-order valence-electron chi connectivity index (χ3n) is 4.03. The summed E-state index contributed by atoms with van der Waals surface area (Å²) in [5.41, 5.74) is 7.99. The Morgan fingerprint density at radius 2 is 1.65 bits per heavy atom. The Morgan fingerprint density at radius 3 is 2.30 bits per heavy atom. The maximum atomic E-state index is 12.6. The molecule has 1 amide bonds. The number of nitrogen functional groups attached to an aromatic ring is 1. The molecule has 3 rings (SSSR count). The van der Waals surface area contributed by atoms with Crippen LogP contribution in [0, 0.1) is 0 Å². The molecule has 1 aliphatic heterocycles. The van der Waals surface area contributed by atoms with E-state index in [1.165, 1.54) is 0 Å². The zero-order chi connectivity index (χ0) is 16.4. The molecule has 23 heavy (non-hydrogen) atoms. The number of rotatable bonds is 2. The van der Waals surface area contributed by atoms with Crippen molar-refractivity contribution in [2.75, 3.05) is 36.8 Å². The summed E-state index contributed by atoms with van der Waals surface area (Å²) in [6.07, 6.45) is 0. The number of halogens is 2. The topological polar surface area (TPSA) is 49.6 Å². The third kappa shape index (κ3) is 3.38. The number of piperazine rings is 1. The second kappa shape index (κ2) is 6.69.